The van der Waals surface area contributed by atoms with Crippen molar-refractivity contribution in [3.8, 4) is 11.3 Å². The van der Waals surface area contributed by atoms with E-state index in [0.29, 0.717) is 53.7 Å². The van der Waals surface area contributed by atoms with E-state index in [1.54, 1.807) is 16.6 Å². The number of carboxylic acids is 1. The number of likely N-dealkylation sites (tertiary alicyclic amines) is 1. The molecule has 1 saturated carbocycles. The quantitative estimate of drug-likeness (QED) is 0.539. The van der Waals surface area contributed by atoms with Crippen molar-refractivity contribution >= 4 is 23.2 Å². The topological polar surface area (TPSA) is 91.0 Å². The number of benzene rings is 1. The molecule has 0 radical (unpaired) electrons. The van der Waals surface area contributed by atoms with E-state index < -0.39 is 17.7 Å². The molecule has 37 heavy (non-hydrogen) atoms. The van der Waals surface area contributed by atoms with Gasteiger partial charge in [0, 0.05) is 54.6 Å². The number of halogens is 1. The van der Waals surface area contributed by atoms with E-state index in [0.717, 1.165) is 50.8 Å². The number of aliphatic carboxylic acids is 1. The second kappa shape index (κ2) is 9.43. The number of nitrogens with zero attached hydrogens (tertiary/aromatic N) is 5. The zero-order valence-electron chi connectivity index (χ0n) is 21.1. The normalized spacial score (nSPS) is 22.4. The summed E-state index contributed by atoms with van der Waals surface area (Å²) in [5.41, 5.74) is 3.45. The highest BCUT2D eigenvalue weighted by Crippen LogP contribution is 2.41. The van der Waals surface area contributed by atoms with E-state index in [1.165, 1.54) is 6.07 Å². The Kier molecular flexibility index (Phi) is 6.09. The first kappa shape index (κ1) is 23.9. The van der Waals surface area contributed by atoms with Crippen molar-refractivity contribution in [3.63, 3.8) is 0 Å². The molecule has 0 spiro atoms. The van der Waals surface area contributed by atoms with Crippen LogP contribution >= 0.6 is 0 Å². The molecule has 3 aromatic rings. The second-order valence-corrected chi connectivity index (χ2v) is 10.8. The van der Waals surface area contributed by atoms with Crippen molar-refractivity contribution in [2.45, 2.75) is 63.8 Å². The molecule has 4 heterocycles. The van der Waals surface area contributed by atoms with E-state index in [1.807, 2.05) is 21.9 Å². The second-order valence-electron chi connectivity index (χ2n) is 10.8. The molecule has 3 aliphatic rings. The monoisotopic (exact) mass is 505 g/mol. The van der Waals surface area contributed by atoms with Crippen LogP contribution in [0.4, 0.5) is 10.1 Å². The van der Waals surface area contributed by atoms with Gasteiger partial charge in [0.15, 0.2) is 5.65 Å². The summed E-state index contributed by atoms with van der Waals surface area (Å²) in [4.78, 5) is 33.3. The largest absolute Gasteiger partial charge is 0.481 e. The van der Waals surface area contributed by atoms with E-state index in [4.69, 9.17) is 10.1 Å². The third-order valence-electron chi connectivity index (χ3n) is 8.11. The maximum Gasteiger partial charge on any atom is 0.308 e. The number of amides is 1. The van der Waals surface area contributed by atoms with Crippen molar-refractivity contribution in [2.75, 3.05) is 24.5 Å². The van der Waals surface area contributed by atoms with Gasteiger partial charge in [-0.05, 0) is 63.3 Å². The lowest BCUT2D eigenvalue weighted by molar-refractivity contribution is -0.140. The van der Waals surface area contributed by atoms with Gasteiger partial charge in [-0.25, -0.2) is 13.9 Å². The maximum absolute atomic E-state index is 15.3. The summed E-state index contributed by atoms with van der Waals surface area (Å²) in [6.45, 7) is 3.82. The van der Waals surface area contributed by atoms with E-state index >= 15 is 4.39 Å². The van der Waals surface area contributed by atoms with Crippen molar-refractivity contribution < 1.29 is 19.1 Å². The van der Waals surface area contributed by atoms with Gasteiger partial charge in [0.25, 0.3) is 5.91 Å². The molecule has 2 atom stereocenters. The molecule has 3 fully saturated rings. The van der Waals surface area contributed by atoms with Crippen LogP contribution in [-0.2, 0) is 4.79 Å². The average Bonchev–Trinajstić information content (AvgIpc) is 3.50. The number of rotatable bonds is 5. The summed E-state index contributed by atoms with van der Waals surface area (Å²) in [6.07, 6.45) is 6.92. The molecule has 2 saturated heterocycles. The van der Waals surface area contributed by atoms with Crippen molar-refractivity contribution in [3.05, 3.63) is 47.5 Å². The molecule has 6 rings (SSSR count). The molecule has 2 aromatic heterocycles. The van der Waals surface area contributed by atoms with E-state index in [9.17, 15) is 14.7 Å². The number of fused-ring (bicyclic) bond motifs is 1. The number of anilines is 1. The Labute approximate surface area is 215 Å². The lowest BCUT2D eigenvalue weighted by Gasteiger charge is -2.27. The van der Waals surface area contributed by atoms with Gasteiger partial charge in [-0.1, -0.05) is 12.8 Å². The third kappa shape index (κ3) is 4.55. The summed E-state index contributed by atoms with van der Waals surface area (Å²) in [5.74, 6) is -1.37. The fourth-order valence-electron chi connectivity index (χ4n) is 5.74. The van der Waals surface area contributed by atoms with E-state index in [-0.39, 0.29) is 11.9 Å². The molecule has 1 amide bonds. The fourth-order valence-corrected chi connectivity index (χ4v) is 5.74. The minimum atomic E-state index is -0.814. The lowest BCUT2D eigenvalue weighted by Crippen LogP contribution is -2.38. The molecule has 1 N–H and O–H groups in total. The van der Waals surface area contributed by atoms with Crippen LogP contribution < -0.4 is 4.90 Å². The van der Waals surface area contributed by atoms with Crippen LogP contribution in [0.25, 0.3) is 16.9 Å². The van der Waals surface area contributed by atoms with Crippen LogP contribution in [0, 0.1) is 11.7 Å². The smallest absolute Gasteiger partial charge is 0.308 e. The summed E-state index contributed by atoms with van der Waals surface area (Å²) < 4.78 is 17.1. The number of hydrogen-bond donors (Lipinski definition) is 1. The van der Waals surface area contributed by atoms with Crippen molar-refractivity contribution in [1.29, 1.82) is 0 Å². The van der Waals surface area contributed by atoms with Gasteiger partial charge < -0.3 is 14.9 Å². The maximum atomic E-state index is 15.3. The molecule has 0 bridgehead atoms. The molecule has 8 nitrogen and oxygen atoms in total. The van der Waals surface area contributed by atoms with Crippen LogP contribution in [0.5, 0.6) is 0 Å². The van der Waals surface area contributed by atoms with Gasteiger partial charge in [-0.15, -0.1) is 0 Å². The molecule has 2 aliphatic heterocycles. The Bertz CT molecular complexity index is 1370. The van der Waals surface area contributed by atoms with Gasteiger partial charge in [0.05, 0.1) is 11.6 Å². The first-order valence-electron chi connectivity index (χ1n) is 13.4. The minimum absolute atomic E-state index is 0.0395. The zero-order chi connectivity index (χ0) is 25.7. The highest BCUT2D eigenvalue weighted by atomic mass is 19.1. The Morgan fingerprint density at radius 2 is 1.86 bits per heavy atom. The number of carboxylic acid groups (broad SMARTS) is 1. The number of carbonyl (C=O) groups excluding carboxylic acids is 1. The molecule has 1 aliphatic carbocycles. The standard InChI is InChI=1S/C28H32FN5O3/c1-17-5-3-2-4-11-33(17)27(35)24-14-25(18-6-7-18)34-26(30-24)15-23(31-34)21-9-8-20(13-22(21)29)32-12-10-19(16-32)28(36)37/h8-9,13-15,17-19H,2-7,10-12,16H2,1H3,(H,36,37)/t17-,19?/m1/s1. The zero-order valence-corrected chi connectivity index (χ0v) is 21.1. The van der Waals surface area contributed by atoms with Crippen LogP contribution in [0.15, 0.2) is 30.3 Å². The molecular formula is C28H32FN5O3. The molecule has 1 aromatic carbocycles. The van der Waals surface area contributed by atoms with Gasteiger partial charge >= 0.3 is 5.97 Å². The summed E-state index contributed by atoms with van der Waals surface area (Å²) in [6, 6.07) is 8.79. The SMILES string of the molecule is C[C@@H]1CCCCCN1C(=O)c1cc(C2CC2)n2nc(-c3ccc(N4CCC(C(=O)O)C4)cc3F)cc2n1. The van der Waals surface area contributed by atoms with Crippen LogP contribution in [0.2, 0.25) is 0 Å². The Balaban J connectivity index is 1.32. The first-order valence-corrected chi connectivity index (χ1v) is 13.4. The molecule has 194 valence electrons. The lowest BCUT2D eigenvalue weighted by atomic mass is 10.1. The molecule has 9 heteroatoms. The van der Waals surface area contributed by atoms with E-state index in [2.05, 4.69) is 6.92 Å². The average molecular weight is 506 g/mol. The number of aromatic nitrogens is 3. The molecule has 1 unspecified atom stereocenters. The Morgan fingerprint density at radius 3 is 2.59 bits per heavy atom. The van der Waals surface area contributed by atoms with Crippen LogP contribution in [0.3, 0.4) is 0 Å². The predicted octanol–water partition coefficient (Wildman–Crippen LogP) is 4.73. The minimum Gasteiger partial charge on any atom is -0.481 e. The highest BCUT2D eigenvalue weighted by Gasteiger charge is 2.32. The summed E-state index contributed by atoms with van der Waals surface area (Å²) in [7, 11) is 0. The highest BCUT2D eigenvalue weighted by molar-refractivity contribution is 5.93. The van der Waals surface area contributed by atoms with Gasteiger partial charge in [0.2, 0.25) is 0 Å². The Hall–Kier alpha value is -3.49. The van der Waals surface area contributed by atoms with Crippen LogP contribution in [0.1, 0.15) is 74.0 Å². The summed E-state index contributed by atoms with van der Waals surface area (Å²) in [5, 5.41) is 14.0. The summed E-state index contributed by atoms with van der Waals surface area (Å²) >= 11 is 0. The third-order valence-corrected chi connectivity index (χ3v) is 8.11. The predicted molar refractivity (Wildman–Crippen MR) is 137 cm³/mol. The van der Waals surface area contributed by atoms with Gasteiger partial charge in [-0.2, -0.15) is 5.10 Å². The molecular weight excluding hydrogens is 473 g/mol. The number of carbonyl (C=O) groups is 2. The van der Waals surface area contributed by atoms with Crippen molar-refractivity contribution in [2.24, 2.45) is 5.92 Å². The number of hydrogen-bond acceptors (Lipinski definition) is 5. The van der Waals surface area contributed by atoms with Crippen LogP contribution in [-0.4, -0.2) is 62.2 Å². The Morgan fingerprint density at radius 1 is 1.03 bits per heavy atom. The van der Waals surface area contributed by atoms with Gasteiger partial charge in [0.1, 0.15) is 11.5 Å². The first-order chi connectivity index (χ1) is 17.9. The van der Waals surface area contributed by atoms with Crippen molar-refractivity contribution in [1.82, 2.24) is 19.5 Å². The van der Waals surface area contributed by atoms with Gasteiger partial charge in [-0.3, -0.25) is 9.59 Å². The fraction of sp³-hybridized carbons (Fsp3) is 0.500.